The van der Waals surface area contributed by atoms with Crippen LogP contribution in [0.4, 0.5) is 0 Å². The van der Waals surface area contributed by atoms with Crippen molar-refractivity contribution >= 4 is 8.80 Å². The summed E-state index contributed by atoms with van der Waals surface area (Å²) in [7, 11) is -0.0675. The molecule has 35 heavy (non-hydrogen) atoms. The SMILES string of the molecule is CCCCCCCCCCCCCCCCCC[N+](C)(CC)CCC[Si](OCC)(OCC)OCC. The van der Waals surface area contributed by atoms with Crippen molar-refractivity contribution in [1.82, 2.24) is 0 Å². The van der Waals surface area contributed by atoms with E-state index in [9.17, 15) is 0 Å². The minimum Gasteiger partial charge on any atom is -0.374 e. The second-order valence-electron chi connectivity index (χ2n) is 10.8. The molecule has 1 atom stereocenters. The lowest BCUT2D eigenvalue weighted by molar-refractivity contribution is -0.908. The molecule has 0 saturated heterocycles. The first-order valence-corrected chi connectivity index (χ1v) is 17.7. The standard InChI is InChI=1S/C30H66NO3Si/c1-7-12-13-14-15-16-17-18-19-20-21-22-23-24-25-26-28-31(6,8-2)29-27-30-35(32-9-3,33-10-4)34-11-5/h7-30H2,1-6H3/q+1. The van der Waals surface area contributed by atoms with Gasteiger partial charge in [-0.25, -0.2) is 0 Å². The largest absolute Gasteiger partial charge is 0.501 e. The van der Waals surface area contributed by atoms with Crippen molar-refractivity contribution in [1.29, 1.82) is 0 Å². The lowest BCUT2D eigenvalue weighted by atomic mass is 10.0. The van der Waals surface area contributed by atoms with E-state index in [1.807, 2.05) is 20.8 Å². The number of hydrogen-bond donors (Lipinski definition) is 0. The average molecular weight is 517 g/mol. The molecule has 0 heterocycles. The van der Waals surface area contributed by atoms with Gasteiger partial charge < -0.3 is 17.8 Å². The van der Waals surface area contributed by atoms with E-state index in [1.165, 1.54) is 122 Å². The molecule has 0 N–H and O–H groups in total. The molecule has 0 aromatic carbocycles. The van der Waals surface area contributed by atoms with E-state index >= 15 is 0 Å². The van der Waals surface area contributed by atoms with Gasteiger partial charge in [0.15, 0.2) is 0 Å². The highest BCUT2D eigenvalue weighted by Gasteiger charge is 2.40. The van der Waals surface area contributed by atoms with Crippen LogP contribution in [0, 0.1) is 0 Å². The molecular weight excluding hydrogens is 450 g/mol. The normalized spacial score (nSPS) is 13.9. The number of rotatable bonds is 28. The van der Waals surface area contributed by atoms with Crippen LogP contribution in [-0.4, -0.2) is 59.8 Å². The van der Waals surface area contributed by atoms with E-state index in [4.69, 9.17) is 13.3 Å². The number of hydrogen-bond acceptors (Lipinski definition) is 3. The molecule has 0 aliphatic rings. The predicted octanol–water partition coefficient (Wildman–Crippen LogP) is 9.15. The molecule has 0 aromatic rings. The summed E-state index contributed by atoms with van der Waals surface area (Å²) in [6.45, 7) is 16.5. The summed E-state index contributed by atoms with van der Waals surface area (Å²) < 4.78 is 19.3. The second kappa shape index (κ2) is 24.4. The van der Waals surface area contributed by atoms with Crippen molar-refractivity contribution in [3.05, 3.63) is 0 Å². The zero-order chi connectivity index (χ0) is 26.1. The summed E-state index contributed by atoms with van der Waals surface area (Å²) in [6, 6.07) is 0.940. The van der Waals surface area contributed by atoms with Gasteiger partial charge in [0.1, 0.15) is 0 Å². The number of quaternary nitrogens is 1. The van der Waals surface area contributed by atoms with Crippen molar-refractivity contribution < 1.29 is 17.8 Å². The van der Waals surface area contributed by atoms with E-state index in [0.717, 1.165) is 16.9 Å². The Kier molecular flexibility index (Phi) is 24.4. The summed E-state index contributed by atoms with van der Waals surface area (Å²) in [4.78, 5) is 0. The molecule has 5 heteroatoms. The van der Waals surface area contributed by atoms with Crippen LogP contribution in [0.25, 0.3) is 0 Å². The Morgan fingerprint density at radius 1 is 0.457 bits per heavy atom. The van der Waals surface area contributed by atoms with Crippen LogP contribution in [-0.2, 0) is 13.3 Å². The fourth-order valence-electron chi connectivity index (χ4n) is 5.15. The molecule has 0 rings (SSSR count). The average Bonchev–Trinajstić information content (AvgIpc) is 2.84. The Balaban J connectivity index is 3.82. The van der Waals surface area contributed by atoms with Crippen LogP contribution < -0.4 is 0 Å². The maximum atomic E-state index is 6.04. The molecule has 0 aliphatic carbocycles. The molecular formula is C30H66NO3Si+. The quantitative estimate of drug-likeness (QED) is 0.0589. The van der Waals surface area contributed by atoms with Crippen molar-refractivity contribution in [3.8, 4) is 0 Å². The summed E-state index contributed by atoms with van der Waals surface area (Å²) in [6.07, 6.45) is 24.1. The summed E-state index contributed by atoms with van der Waals surface area (Å²) >= 11 is 0. The van der Waals surface area contributed by atoms with Gasteiger partial charge in [0.05, 0.1) is 26.7 Å². The second-order valence-corrected chi connectivity index (χ2v) is 13.5. The zero-order valence-corrected chi connectivity index (χ0v) is 26.1. The number of nitrogens with zero attached hydrogens (tertiary/aromatic N) is 1. The van der Waals surface area contributed by atoms with Gasteiger partial charge in [-0.1, -0.05) is 96.8 Å². The van der Waals surface area contributed by atoms with Crippen molar-refractivity contribution in [3.63, 3.8) is 0 Å². The molecule has 0 spiro atoms. The van der Waals surface area contributed by atoms with Gasteiger partial charge in [0.25, 0.3) is 0 Å². The van der Waals surface area contributed by atoms with Crippen molar-refractivity contribution in [2.45, 2.75) is 150 Å². The van der Waals surface area contributed by atoms with E-state index in [2.05, 4.69) is 20.9 Å². The third-order valence-electron chi connectivity index (χ3n) is 7.59. The smallest absolute Gasteiger partial charge is 0.374 e. The van der Waals surface area contributed by atoms with E-state index in [1.54, 1.807) is 0 Å². The molecule has 0 amide bonds. The fourth-order valence-corrected chi connectivity index (χ4v) is 7.74. The third kappa shape index (κ3) is 19.8. The van der Waals surface area contributed by atoms with Gasteiger partial charge in [-0.3, -0.25) is 0 Å². The summed E-state index contributed by atoms with van der Waals surface area (Å²) in [5, 5.41) is 0. The summed E-state index contributed by atoms with van der Waals surface area (Å²) in [5.74, 6) is 0. The third-order valence-corrected chi connectivity index (χ3v) is 10.7. The van der Waals surface area contributed by atoms with Crippen LogP contribution >= 0.6 is 0 Å². The Morgan fingerprint density at radius 3 is 1.14 bits per heavy atom. The molecule has 0 bridgehead atoms. The first-order valence-electron chi connectivity index (χ1n) is 15.8. The Morgan fingerprint density at radius 2 is 0.800 bits per heavy atom. The monoisotopic (exact) mass is 516 g/mol. The Bertz CT molecular complexity index is 421. The number of unbranched alkanes of at least 4 members (excludes halogenated alkanes) is 15. The van der Waals surface area contributed by atoms with Gasteiger partial charge >= 0.3 is 8.80 Å². The maximum absolute atomic E-state index is 6.04. The van der Waals surface area contributed by atoms with Gasteiger partial charge in [-0.15, -0.1) is 0 Å². The maximum Gasteiger partial charge on any atom is 0.501 e. The first kappa shape index (κ1) is 35.1. The lowest BCUT2D eigenvalue weighted by Crippen LogP contribution is -2.49. The first-order chi connectivity index (χ1) is 17.0. The predicted molar refractivity (Wildman–Crippen MR) is 156 cm³/mol. The molecule has 4 nitrogen and oxygen atoms in total. The molecule has 1 unspecified atom stereocenters. The van der Waals surface area contributed by atoms with Crippen molar-refractivity contribution in [2.75, 3.05) is 46.5 Å². The van der Waals surface area contributed by atoms with Gasteiger partial charge in [-0.05, 0) is 40.5 Å². The topological polar surface area (TPSA) is 27.7 Å². The van der Waals surface area contributed by atoms with Crippen LogP contribution in [0.5, 0.6) is 0 Å². The molecule has 0 aliphatic heterocycles. The molecule has 0 aromatic heterocycles. The van der Waals surface area contributed by atoms with Gasteiger partial charge in [0.2, 0.25) is 0 Å². The van der Waals surface area contributed by atoms with Crippen LogP contribution in [0.1, 0.15) is 144 Å². The van der Waals surface area contributed by atoms with E-state index in [-0.39, 0.29) is 0 Å². The lowest BCUT2D eigenvalue weighted by Gasteiger charge is -2.35. The Labute approximate surface area is 222 Å². The molecule has 0 fully saturated rings. The molecule has 0 radical (unpaired) electrons. The molecule has 0 saturated carbocycles. The summed E-state index contributed by atoms with van der Waals surface area (Å²) in [5.41, 5.74) is 0. The highest BCUT2D eigenvalue weighted by atomic mass is 28.4. The van der Waals surface area contributed by atoms with E-state index in [0.29, 0.717) is 19.8 Å². The van der Waals surface area contributed by atoms with Crippen LogP contribution in [0.3, 0.4) is 0 Å². The minimum absolute atomic E-state index is 0.672. The Hall–Kier alpha value is 0.0569. The minimum atomic E-state index is -2.49. The highest BCUT2D eigenvalue weighted by Crippen LogP contribution is 2.20. The van der Waals surface area contributed by atoms with E-state index < -0.39 is 8.80 Å². The molecule has 212 valence electrons. The highest BCUT2D eigenvalue weighted by molar-refractivity contribution is 6.60. The fraction of sp³-hybridized carbons (Fsp3) is 1.00. The zero-order valence-electron chi connectivity index (χ0n) is 25.1. The van der Waals surface area contributed by atoms with Gasteiger partial charge in [-0.2, -0.15) is 0 Å². The van der Waals surface area contributed by atoms with Crippen molar-refractivity contribution in [2.24, 2.45) is 0 Å². The van der Waals surface area contributed by atoms with Crippen LogP contribution in [0.15, 0.2) is 0 Å². The van der Waals surface area contributed by atoms with Crippen LogP contribution in [0.2, 0.25) is 6.04 Å². The van der Waals surface area contributed by atoms with Gasteiger partial charge in [0, 0.05) is 32.3 Å².